The maximum absolute atomic E-state index is 13.4. The van der Waals surface area contributed by atoms with Gasteiger partial charge in [0.1, 0.15) is 5.54 Å². The summed E-state index contributed by atoms with van der Waals surface area (Å²) in [5, 5.41) is 13.2. The van der Waals surface area contributed by atoms with E-state index in [9.17, 15) is 23.1 Å². The molecule has 0 aliphatic carbocycles. The number of benzene rings is 2. The number of aryl methyl sites for hydroxylation is 2. The van der Waals surface area contributed by atoms with E-state index >= 15 is 0 Å². The van der Waals surface area contributed by atoms with E-state index in [-0.39, 0.29) is 18.0 Å². The lowest BCUT2D eigenvalue weighted by molar-refractivity contribution is -0.131. The van der Waals surface area contributed by atoms with Gasteiger partial charge >= 0.3 is 6.03 Å². The molecule has 1 saturated heterocycles. The Hall–Kier alpha value is -2.91. The normalized spacial score (nSPS) is 16.9. The second kappa shape index (κ2) is 8.32. The fourth-order valence-electron chi connectivity index (χ4n) is 3.41. The summed E-state index contributed by atoms with van der Waals surface area (Å²) < 4.78 is 27.9. The molecule has 2 aromatic carbocycles. The van der Waals surface area contributed by atoms with E-state index in [1.165, 1.54) is 12.1 Å². The van der Waals surface area contributed by atoms with E-state index in [4.69, 9.17) is 0 Å². The van der Waals surface area contributed by atoms with Crippen LogP contribution in [-0.2, 0) is 14.8 Å². The summed E-state index contributed by atoms with van der Waals surface area (Å²) in [4.78, 5) is 25.6. The Balaban J connectivity index is 1.91. The van der Waals surface area contributed by atoms with Crippen LogP contribution < -0.4 is 9.62 Å². The zero-order valence-corrected chi connectivity index (χ0v) is 18.8. The molecule has 1 atom stereocenters. The molecule has 1 aliphatic rings. The number of aliphatic hydroxyl groups excluding tert-OH is 1. The van der Waals surface area contributed by atoms with Gasteiger partial charge in [-0.05, 0) is 57.5 Å². The fourth-order valence-corrected chi connectivity index (χ4v) is 4.90. The molecule has 31 heavy (non-hydrogen) atoms. The van der Waals surface area contributed by atoms with Gasteiger partial charge in [-0.1, -0.05) is 29.8 Å². The molecule has 9 heteroatoms. The van der Waals surface area contributed by atoms with Crippen LogP contribution in [0.5, 0.6) is 0 Å². The number of carbonyl (C=O) groups excluding carboxylic acids is 2. The third-order valence-electron chi connectivity index (χ3n) is 5.11. The number of anilines is 1. The Morgan fingerprint density at radius 1 is 1.06 bits per heavy atom. The van der Waals surface area contributed by atoms with Crippen LogP contribution in [0, 0.1) is 13.8 Å². The molecule has 0 saturated carbocycles. The Bertz CT molecular complexity index is 1100. The molecule has 3 amide bonds. The van der Waals surface area contributed by atoms with E-state index < -0.39 is 33.6 Å². The molecule has 2 N–H and O–H groups in total. The van der Waals surface area contributed by atoms with Gasteiger partial charge < -0.3 is 10.4 Å². The van der Waals surface area contributed by atoms with Gasteiger partial charge in [0.2, 0.25) is 0 Å². The minimum absolute atomic E-state index is 0.0860. The first-order chi connectivity index (χ1) is 14.4. The highest BCUT2D eigenvalue weighted by atomic mass is 32.2. The molecule has 2 aromatic rings. The average molecular weight is 446 g/mol. The minimum atomic E-state index is -4.00. The number of rotatable bonds is 7. The molecule has 0 unspecified atom stereocenters. The Morgan fingerprint density at radius 2 is 1.71 bits per heavy atom. The van der Waals surface area contributed by atoms with Crippen LogP contribution in [0.25, 0.3) is 0 Å². The van der Waals surface area contributed by atoms with E-state index in [0.717, 1.165) is 20.3 Å². The lowest BCUT2D eigenvalue weighted by Gasteiger charge is -2.28. The number of aliphatic hydroxyl groups is 1. The van der Waals surface area contributed by atoms with Crippen molar-refractivity contribution in [2.24, 2.45) is 0 Å². The fraction of sp³-hybridized carbons (Fsp3) is 0.364. The topological polar surface area (TPSA) is 107 Å². The summed E-state index contributed by atoms with van der Waals surface area (Å²) in [6.07, 6.45) is -1.29. The molecule has 0 radical (unpaired) electrons. The van der Waals surface area contributed by atoms with Crippen molar-refractivity contribution in [2.75, 3.05) is 17.4 Å². The van der Waals surface area contributed by atoms with Crippen LogP contribution in [0.15, 0.2) is 53.4 Å². The zero-order valence-electron chi connectivity index (χ0n) is 18.0. The molecule has 166 valence electrons. The Kier molecular flexibility index (Phi) is 6.11. The predicted octanol–water partition coefficient (Wildman–Crippen LogP) is 2.19. The monoisotopic (exact) mass is 445 g/mol. The molecule has 3 rings (SSSR count). The van der Waals surface area contributed by atoms with Gasteiger partial charge in [0.25, 0.3) is 15.9 Å². The standard InChI is InChI=1S/C22H27N3O5S/c1-15-8-10-19(11-9-15)31(29,30)25(17-7-5-6-16(2)12-17)14-18(26)13-24-20(27)22(3,4)23-21(24)28/h5-12,18,26H,13-14H2,1-4H3,(H,23,28)/t18-/m0/s1. The molecule has 1 heterocycles. The van der Waals surface area contributed by atoms with Gasteiger partial charge in [0, 0.05) is 0 Å². The summed E-state index contributed by atoms with van der Waals surface area (Å²) in [7, 11) is -4.00. The summed E-state index contributed by atoms with van der Waals surface area (Å²) in [5.41, 5.74) is 1.09. The van der Waals surface area contributed by atoms with Crippen molar-refractivity contribution in [1.82, 2.24) is 10.2 Å². The maximum Gasteiger partial charge on any atom is 0.325 e. The van der Waals surface area contributed by atoms with Crippen LogP contribution in [-0.4, -0.2) is 55.1 Å². The number of urea groups is 1. The van der Waals surface area contributed by atoms with Crippen LogP contribution in [0.2, 0.25) is 0 Å². The molecule has 0 bridgehead atoms. The van der Waals surface area contributed by atoms with E-state index in [1.54, 1.807) is 44.2 Å². The number of β-amino-alcohol motifs (C(OH)–C–C–N with tert-alkyl or cyclic N) is 1. The number of hydrogen-bond acceptors (Lipinski definition) is 5. The first kappa shape index (κ1) is 22.8. The van der Waals surface area contributed by atoms with Gasteiger partial charge in [0.15, 0.2) is 0 Å². The zero-order chi connectivity index (χ0) is 23.0. The van der Waals surface area contributed by atoms with Crippen LogP contribution in [0.1, 0.15) is 25.0 Å². The number of nitrogens with zero attached hydrogens (tertiary/aromatic N) is 2. The van der Waals surface area contributed by atoms with Crippen molar-refractivity contribution in [3.63, 3.8) is 0 Å². The Labute approximate surface area is 182 Å². The summed E-state index contributed by atoms with van der Waals surface area (Å²) >= 11 is 0. The quantitative estimate of drug-likeness (QED) is 0.636. The summed E-state index contributed by atoms with van der Waals surface area (Å²) in [6.45, 7) is 6.20. The number of nitrogens with one attached hydrogen (secondary N) is 1. The maximum atomic E-state index is 13.4. The summed E-state index contributed by atoms with van der Waals surface area (Å²) in [6, 6.07) is 12.7. The first-order valence-electron chi connectivity index (χ1n) is 9.90. The van der Waals surface area contributed by atoms with Crippen molar-refractivity contribution < 1.29 is 23.1 Å². The van der Waals surface area contributed by atoms with E-state index in [2.05, 4.69) is 5.32 Å². The smallest absolute Gasteiger partial charge is 0.325 e. The van der Waals surface area contributed by atoms with Crippen molar-refractivity contribution in [2.45, 2.75) is 44.2 Å². The second-order valence-electron chi connectivity index (χ2n) is 8.31. The van der Waals surface area contributed by atoms with Crippen LogP contribution in [0.4, 0.5) is 10.5 Å². The van der Waals surface area contributed by atoms with Gasteiger partial charge in [-0.2, -0.15) is 0 Å². The highest BCUT2D eigenvalue weighted by Crippen LogP contribution is 2.26. The lowest BCUT2D eigenvalue weighted by Crippen LogP contribution is -2.45. The largest absolute Gasteiger partial charge is 0.389 e. The molecule has 0 spiro atoms. The van der Waals surface area contributed by atoms with Crippen LogP contribution in [0.3, 0.4) is 0 Å². The van der Waals surface area contributed by atoms with E-state index in [0.29, 0.717) is 5.69 Å². The number of imide groups is 1. The van der Waals surface area contributed by atoms with Crippen molar-refractivity contribution >= 4 is 27.6 Å². The van der Waals surface area contributed by atoms with Gasteiger partial charge in [-0.25, -0.2) is 13.2 Å². The SMILES string of the molecule is Cc1ccc(S(=O)(=O)N(C[C@@H](O)CN2C(=O)NC(C)(C)C2=O)c2cccc(C)c2)cc1. The minimum Gasteiger partial charge on any atom is -0.389 e. The number of carbonyl (C=O) groups is 2. The van der Waals surface area contributed by atoms with Gasteiger partial charge in [0.05, 0.1) is 29.8 Å². The lowest BCUT2D eigenvalue weighted by atomic mass is 10.1. The Morgan fingerprint density at radius 3 is 2.26 bits per heavy atom. The van der Waals surface area contributed by atoms with Crippen LogP contribution >= 0.6 is 0 Å². The van der Waals surface area contributed by atoms with Gasteiger partial charge in [-0.3, -0.25) is 14.0 Å². The van der Waals surface area contributed by atoms with Crippen molar-refractivity contribution in [1.29, 1.82) is 0 Å². The molecule has 0 aromatic heterocycles. The highest BCUT2D eigenvalue weighted by molar-refractivity contribution is 7.92. The first-order valence-corrected chi connectivity index (χ1v) is 11.3. The molecule has 1 fully saturated rings. The molecular formula is C22H27N3O5S. The molecule has 1 aliphatic heterocycles. The molecule has 8 nitrogen and oxygen atoms in total. The number of sulfonamides is 1. The third kappa shape index (κ3) is 4.72. The summed E-state index contributed by atoms with van der Waals surface area (Å²) in [5.74, 6) is -0.472. The third-order valence-corrected chi connectivity index (χ3v) is 6.92. The highest BCUT2D eigenvalue weighted by Gasteiger charge is 2.45. The number of amides is 3. The van der Waals surface area contributed by atoms with Crippen molar-refractivity contribution in [3.05, 3.63) is 59.7 Å². The average Bonchev–Trinajstić information content (AvgIpc) is 2.88. The van der Waals surface area contributed by atoms with E-state index in [1.807, 2.05) is 19.9 Å². The number of hydrogen-bond donors (Lipinski definition) is 2. The molecular weight excluding hydrogens is 418 g/mol. The predicted molar refractivity (Wildman–Crippen MR) is 117 cm³/mol. The second-order valence-corrected chi connectivity index (χ2v) is 10.2. The van der Waals surface area contributed by atoms with Gasteiger partial charge in [-0.15, -0.1) is 0 Å². The van der Waals surface area contributed by atoms with Crippen molar-refractivity contribution in [3.8, 4) is 0 Å².